The van der Waals surface area contributed by atoms with Crippen molar-refractivity contribution in [3.8, 4) is 0 Å². The van der Waals surface area contributed by atoms with Crippen LogP contribution in [0.2, 0.25) is 0 Å². The first kappa shape index (κ1) is 14.3. The molecular weight excluding hydrogens is 242 g/mol. The topological polar surface area (TPSA) is 62.4 Å². The number of aliphatic hydroxyl groups is 1. The average Bonchev–Trinajstić information content (AvgIpc) is 2.62. The largest absolute Gasteiger partial charge is 0.392 e. The normalized spacial score (nSPS) is 19.3. The quantitative estimate of drug-likeness (QED) is 0.911. The Hall–Kier alpha value is -1.10. The molecule has 1 aromatic rings. The third-order valence-electron chi connectivity index (χ3n) is 3.71. The fraction of sp³-hybridized carbons (Fsp3) is 0.857. The highest BCUT2D eigenvalue weighted by Gasteiger charge is 2.25. The van der Waals surface area contributed by atoms with Gasteiger partial charge in [-0.2, -0.15) is 4.98 Å². The molecule has 2 heterocycles. The lowest BCUT2D eigenvalue weighted by atomic mass is 9.87. The van der Waals surface area contributed by atoms with Gasteiger partial charge in [0, 0.05) is 13.1 Å². The predicted molar refractivity (Wildman–Crippen MR) is 74.1 cm³/mol. The summed E-state index contributed by atoms with van der Waals surface area (Å²) in [5.74, 6) is 1.21. The Kier molecular flexibility index (Phi) is 4.45. The number of nitrogens with zero attached hydrogens (tertiary/aromatic N) is 3. The van der Waals surface area contributed by atoms with Gasteiger partial charge in [0.15, 0.2) is 0 Å². The molecule has 0 radical (unpaired) electrons. The summed E-state index contributed by atoms with van der Waals surface area (Å²) in [6.45, 7) is 8.01. The van der Waals surface area contributed by atoms with E-state index in [9.17, 15) is 5.11 Å². The van der Waals surface area contributed by atoms with Crippen LogP contribution in [0.4, 0.5) is 5.95 Å². The molecule has 108 valence electrons. The van der Waals surface area contributed by atoms with Crippen molar-refractivity contribution in [2.45, 2.75) is 59.0 Å². The Morgan fingerprint density at radius 3 is 2.42 bits per heavy atom. The van der Waals surface area contributed by atoms with E-state index in [1.165, 1.54) is 25.7 Å². The Labute approximate surface area is 115 Å². The standard InChI is InChI=1S/C14H25N3O2/c1-14(2,3)11(18)10-12-15-13(16-19-12)17-8-6-4-5-7-9-17/h11,18H,4-10H2,1-3H3. The highest BCUT2D eigenvalue weighted by molar-refractivity contribution is 5.27. The molecule has 0 amide bonds. The molecule has 19 heavy (non-hydrogen) atoms. The average molecular weight is 267 g/mol. The molecule has 0 aromatic carbocycles. The van der Waals surface area contributed by atoms with Crippen LogP contribution in [0.25, 0.3) is 0 Å². The molecule has 0 saturated carbocycles. The van der Waals surface area contributed by atoms with E-state index in [2.05, 4.69) is 15.0 Å². The van der Waals surface area contributed by atoms with Gasteiger partial charge < -0.3 is 14.5 Å². The minimum atomic E-state index is -0.468. The Morgan fingerprint density at radius 1 is 1.21 bits per heavy atom. The van der Waals surface area contributed by atoms with E-state index in [-0.39, 0.29) is 5.41 Å². The van der Waals surface area contributed by atoms with Gasteiger partial charge in [-0.15, -0.1) is 0 Å². The van der Waals surface area contributed by atoms with Gasteiger partial charge in [0.05, 0.1) is 12.5 Å². The maximum Gasteiger partial charge on any atom is 0.266 e. The van der Waals surface area contributed by atoms with Crippen molar-refractivity contribution in [1.29, 1.82) is 0 Å². The highest BCUT2D eigenvalue weighted by Crippen LogP contribution is 2.23. The smallest absolute Gasteiger partial charge is 0.266 e. The minimum Gasteiger partial charge on any atom is -0.392 e. The lowest BCUT2D eigenvalue weighted by molar-refractivity contribution is 0.0565. The third-order valence-corrected chi connectivity index (χ3v) is 3.71. The zero-order valence-electron chi connectivity index (χ0n) is 12.2. The van der Waals surface area contributed by atoms with Gasteiger partial charge >= 0.3 is 0 Å². The van der Waals surface area contributed by atoms with Crippen molar-refractivity contribution in [2.75, 3.05) is 18.0 Å². The zero-order valence-corrected chi connectivity index (χ0v) is 12.2. The molecule has 1 aliphatic rings. The number of aromatic nitrogens is 2. The second-order valence-corrected chi connectivity index (χ2v) is 6.48. The van der Waals surface area contributed by atoms with Crippen molar-refractivity contribution >= 4 is 5.95 Å². The van der Waals surface area contributed by atoms with Crippen LogP contribution < -0.4 is 4.90 Å². The van der Waals surface area contributed by atoms with Gasteiger partial charge in [-0.05, 0) is 23.4 Å². The van der Waals surface area contributed by atoms with Gasteiger partial charge in [0.2, 0.25) is 5.89 Å². The van der Waals surface area contributed by atoms with Crippen molar-refractivity contribution in [2.24, 2.45) is 5.41 Å². The van der Waals surface area contributed by atoms with Crippen molar-refractivity contribution < 1.29 is 9.63 Å². The van der Waals surface area contributed by atoms with Crippen LogP contribution in [0.5, 0.6) is 0 Å². The molecule has 1 unspecified atom stereocenters. The van der Waals surface area contributed by atoms with Crippen LogP contribution in [0.3, 0.4) is 0 Å². The van der Waals surface area contributed by atoms with Crippen LogP contribution in [-0.4, -0.2) is 34.4 Å². The van der Waals surface area contributed by atoms with Crippen LogP contribution in [0.1, 0.15) is 52.3 Å². The van der Waals surface area contributed by atoms with Gasteiger partial charge in [0.25, 0.3) is 5.95 Å². The van der Waals surface area contributed by atoms with Crippen LogP contribution in [0, 0.1) is 5.41 Å². The fourth-order valence-corrected chi connectivity index (χ4v) is 2.20. The molecule has 1 fully saturated rings. The SMILES string of the molecule is CC(C)(C)C(O)Cc1nc(N2CCCCCC2)no1. The molecule has 5 heteroatoms. The van der Waals surface area contributed by atoms with Crippen LogP contribution >= 0.6 is 0 Å². The number of anilines is 1. The number of hydrogen-bond donors (Lipinski definition) is 1. The summed E-state index contributed by atoms with van der Waals surface area (Å²) in [6.07, 6.45) is 4.89. The molecule has 1 saturated heterocycles. The van der Waals surface area contributed by atoms with Gasteiger partial charge in [-0.25, -0.2) is 0 Å². The molecule has 1 aromatic heterocycles. The van der Waals surface area contributed by atoms with Crippen LogP contribution in [0.15, 0.2) is 4.52 Å². The summed E-state index contributed by atoms with van der Waals surface area (Å²) in [4.78, 5) is 6.60. The lowest BCUT2D eigenvalue weighted by Gasteiger charge is -2.24. The lowest BCUT2D eigenvalue weighted by Crippen LogP contribution is -2.28. The second-order valence-electron chi connectivity index (χ2n) is 6.48. The minimum absolute atomic E-state index is 0.169. The summed E-state index contributed by atoms with van der Waals surface area (Å²) in [6, 6.07) is 0. The summed E-state index contributed by atoms with van der Waals surface area (Å²) >= 11 is 0. The van der Waals surface area contributed by atoms with E-state index in [1.807, 2.05) is 20.8 Å². The summed E-state index contributed by atoms with van der Waals surface area (Å²) < 4.78 is 5.26. The van der Waals surface area contributed by atoms with E-state index in [4.69, 9.17) is 4.52 Å². The van der Waals surface area contributed by atoms with E-state index < -0.39 is 6.10 Å². The first-order chi connectivity index (χ1) is 8.97. The van der Waals surface area contributed by atoms with Gasteiger partial charge in [-0.1, -0.05) is 33.6 Å². The van der Waals surface area contributed by atoms with E-state index in [0.717, 1.165) is 13.1 Å². The van der Waals surface area contributed by atoms with Gasteiger partial charge in [-0.3, -0.25) is 0 Å². The molecule has 1 atom stereocenters. The fourth-order valence-electron chi connectivity index (χ4n) is 2.20. The Bertz CT molecular complexity index is 390. The van der Waals surface area contributed by atoms with E-state index in [1.54, 1.807) is 0 Å². The molecule has 0 spiro atoms. The van der Waals surface area contributed by atoms with Crippen molar-refractivity contribution in [1.82, 2.24) is 10.1 Å². The van der Waals surface area contributed by atoms with E-state index in [0.29, 0.717) is 18.3 Å². The molecule has 1 aliphatic heterocycles. The maximum atomic E-state index is 10.1. The molecule has 1 N–H and O–H groups in total. The monoisotopic (exact) mass is 267 g/mol. The molecular formula is C14H25N3O2. The number of aliphatic hydroxyl groups excluding tert-OH is 1. The number of hydrogen-bond acceptors (Lipinski definition) is 5. The second kappa shape index (κ2) is 5.90. The highest BCUT2D eigenvalue weighted by atomic mass is 16.5. The van der Waals surface area contributed by atoms with E-state index >= 15 is 0 Å². The molecule has 0 aliphatic carbocycles. The zero-order chi connectivity index (χ0) is 13.9. The number of rotatable bonds is 3. The van der Waals surface area contributed by atoms with Gasteiger partial charge in [0.1, 0.15) is 0 Å². The molecule has 0 bridgehead atoms. The first-order valence-electron chi connectivity index (χ1n) is 7.22. The summed E-state index contributed by atoms with van der Waals surface area (Å²) in [5, 5.41) is 14.1. The maximum absolute atomic E-state index is 10.1. The predicted octanol–water partition coefficient (Wildman–Crippen LogP) is 2.40. The van der Waals surface area contributed by atoms with Crippen LogP contribution in [-0.2, 0) is 6.42 Å². The summed E-state index contributed by atoms with van der Waals surface area (Å²) in [7, 11) is 0. The molecule has 5 nitrogen and oxygen atoms in total. The van der Waals surface area contributed by atoms with Crippen molar-refractivity contribution in [3.63, 3.8) is 0 Å². The van der Waals surface area contributed by atoms with Crippen molar-refractivity contribution in [3.05, 3.63) is 5.89 Å². The molecule has 2 rings (SSSR count). The third kappa shape index (κ3) is 3.93. The Morgan fingerprint density at radius 2 is 1.84 bits per heavy atom. The Balaban J connectivity index is 1.98. The first-order valence-corrected chi connectivity index (χ1v) is 7.22. The summed E-state index contributed by atoms with van der Waals surface area (Å²) in [5.41, 5.74) is -0.169.